The number of carbonyl (C=O) groups excluding carboxylic acids is 1. The Labute approximate surface area is 226 Å². The third-order valence-electron chi connectivity index (χ3n) is 6.67. The summed E-state index contributed by atoms with van der Waals surface area (Å²) in [5, 5.41) is 10.1. The zero-order valence-corrected chi connectivity index (χ0v) is 23.5. The van der Waals surface area contributed by atoms with Gasteiger partial charge in [0.2, 0.25) is 20.0 Å². The summed E-state index contributed by atoms with van der Waals surface area (Å²) in [6.07, 6.45) is 0.967. The molecule has 3 rings (SSSR count). The lowest BCUT2D eigenvalue weighted by molar-refractivity contribution is 0.0732. The van der Waals surface area contributed by atoms with Gasteiger partial charge in [0.25, 0.3) is 5.91 Å². The summed E-state index contributed by atoms with van der Waals surface area (Å²) in [6.45, 7) is 8.81. The van der Waals surface area contributed by atoms with Gasteiger partial charge in [0, 0.05) is 50.3 Å². The van der Waals surface area contributed by atoms with Crippen molar-refractivity contribution in [2.75, 3.05) is 32.8 Å². The molecule has 0 aromatic heterocycles. The van der Waals surface area contributed by atoms with E-state index in [2.05, 4.69) is 25.1 Å². The van der Waals surface area contributed by atoms with Crippen molar-refractivity contribution in [3.05, 3.63) is 77.2 Å². The molecule has 0 bridgehead atoms. The Morgan fingerprint density at radius 3 is 2.37 bits per heavy atom. The lowest BCUT2D eigenvalue weighted by atomic mass is 10.0. The molecule has 208 valence electrons. The van der Waals surface area contributed by atoms with Crippen molar-refractivity contribution in [2.45, 2.75) is 44.0 Å². The van der Waals surface area contributed by atoms with Crippen LogP contribution in [0.4, 0.5) is 0 Å². The summed E-state index contributed by atoms with van der Waals surface area (Å²) in [6, 6.07) is 14.0. The predicted molar refractivity (Wildman–Crippen MR) is 147 cm³/mol. The molecule has 1 atom stereocenters. The first kappa shape index (κ1) is 30.0. The number of nitrogens with one attached hydrogen (secondary N) is 1. The maximum absolute atomic E-state index is 13.3. The number of carbonyl (C=O) groups is 1. The SMILES string of the molecule is C=CS(=O)(=O)NC[C@H]1CCN(S(=O)(=O)c2ccc(C(=O)N(CCCO)Cc3ccc(C(C)C)cc3)cc2)C1. The minimum absolute atomic E-state index is 0.0425. The molecular weight excluding hydrogens is 526 g/mol. The second-order valence-corrected chi connectivity index (χ2v) is 13.5. The van der Waals surface area contributed by atoms with Crippen molar-refractivity contribution in [3.8, 4) is 0 Å². The molecule has 2 aromatic carbocycles. The monoisotopic (exact) mass is 563 g/mol. The number of sulfonamides is 2. The van der Waals surface area contributed by atoms with Gasteiger partial charge in [-0.3, -0.25) is 4.79 Å². The van der Waals surface area contributed by atoms with Crippen molar-refractivity contribution < 1.29 is 26.7 Å². The van der Waals surface area contributed by atoms with Gasteiger partial charge in [-0.1, -0.05) is 44.7 Å². The van der Waals surface area contributed by atoms with Crippen LogP contribution < -0.4 is 4.72 Å². The highest BCUT2D eigenvalue weighted by molar-refractivity contribution is 7.92. The Hall–Kier alpha value is -2.57. The summed E-state index contributed by atoms with van der Waals surface area (Å²) in [5.74, 6) is 0.0172. The van der Waals surface area contributed by atoms with Crippen LogP contribution in [-0.2, 0) is 26.6 Å². The molecule has 1 heterocycles. The molecule has 38 heavy (non-hydrogen) atoms. The average molecular weight is 564 g/mol. The number of nitrogens with zero attached hydrogens (tertiary/aromatic N) is 2. The topological polar surface area (TPSA) is 124 Å². The summed E-state index contributed by atoms with van der Waals surface area (Å²) >= 11 is 0. The molecule has 1 fully saturated rings. The van der Waals surface area contributed by atoms with Gasteiger partial charge in [-0.15, -0.1) is 0 Å². The fraction of sp³-hybridized carbons (Fsp3) is 0.444. The van der Waals surface area contributed by atoms with Crippen LogP contribution in [0.1, 0.15) is 54.1 Å². The van der Waals surface area contributed by atoms with Crippen LogP contribution in [0.2, 0.25) is 0 Å². The largest absolute Gasteiger partial charge is 0.396 e. The number of aliphatic hydroxyl groups is 1. The second kappa shape index (κ2) is 13.0. The lowest BCUT2D eigenvalue weighted by Crippen LogP contribution is -2.33. The Morgan fingerprint density at radius 1 is 1.13 bits per heavy atom. The predicted octanol–water partition coefficient (Wildman–Crippen LogP) is 2.91. The van der Waals surface area contributed by atoms with Gasteiger partial charge < -0.3 is 10.0 Å². The Morgan fingerprint density at radius 2 is 1.79 bits per heavy atom. The maximum atomic E-state index is 13.3. The first-order valence-electron chi connectivity index (χ1n) is 12.7. The first-order valence-corrected chi connectivity index (χ1v) is 15.7. The molecule has 0 radical (unpaired) electrons. The fourth-order valence-corrected chi connectivity index (χ4v) is 6.44. The molecule has 1 saturated heterocycles. The number of aliphatic hydroxyl groups excluding tert-OH is 1. The van der Waals surface area contributed by atoms with E-state index in [1.165, 1.54) is 34.1 Å². The maximum Gasteiger partial charge on any atom is 0.254 e. The third kappa shape index (κ3) is 7.73. The third-order valence-corrected chi connectivity index (χ3v) is 9.56. The van der Waals surface area contributed by atoms with Crippen molar-refractivity contribution in [1.29, 1.82) is 0 Å². The van der Waals surface area contributed by atoms with Crippen molar-refractivity contribution in [1.82, 2.24) is 13.9 Å². The van der Waals surface area contributed by atoms with Gasteiger partial charge in [-0.2, -0.15) is 4.31 Å². The molecule has 9 nitrogen and oxygen atoms in total. The van der Waals surface area contributed by atoms with Crippen LogP contribution in [0, 0.1) is 5.92 Å². The van der Waals surface area contributed by atoms with Gasteiger partial charge in [-0.25, -0.2) is 21.6 Å². The molecule has 2 N–H and O–H groups in total. The summed E-state index contributed by atoms with van der Waals surface area (Å²) in [7, 11) is -7.36. The Balaban J connectivity index is 1.69. The van der Waals surface area contributed by atoms with E-state index in [9.17, 15) is 26.7 Å². The molecule has 1 aliphatic rings. The highest BCUT2D eigenvalue weighted by Gasteiger charge is 2.33. The average Bonchev–Trinajstić information content (AvgIpc) is 3.40. The van der Waals surface area contributed by atoms with Crippen LogP contribution in [0.25, 0.3) is 0 Å². The molecule has 0 unspecified atom stereocenters. The van der Waals surface area contributed by atoms with Crippen LogP contribution in [0.3, 0.4) is 0 Å². The number of rotatable bonds is 13. The molecule has 11 heteroatoms. The minimum Gasteiger partial charge on any atom is -0.396 e. The van der Waals surface area contributed by atoms with Gasteiger partial charge in [0.15, 0.2) is 0 Å². The zero-order chi connectivity index (χ0) is 27.9. The fourth-order valence-electron chi connectivity index (χ4n) is 4.32. The molecule has 2 aromatic rings. The van der Waals surface area contributed by atoms with Crippen molar-refractivity contribution in [2.24, 2.45) is 5.92 Å². The Bertz CT molecular complexity index is 1310. The molecule has 0 aliphatic carbocycles. The summed E-state index contributed by atoms with van der Waals surface area (Å²) in [4.78, 5) is 15.0. The van der Waals surface area contributed by atoms with E-state index in [1.807, 2.05) is 24.3 Å². The van der Waals surface area contributed by atoms with Crippen LogP contribution in [0.15, 0.2) is 65.4 Å². The first-order chi connectivity index (χ1) is 18.0. The second-order valence-electron chi connectivity index (χ2n) is 9.80. The normalized spacial score (nSPS) is 16.6. The standard InChI is InChI=1S/C27H37N3O6S2/c1-4-37(33,34)28-18-23-14-16-30(20-23)38(35,36)26-12-10-25(11-13-26)27(32)29(15-5-17-31)19-22-6-8-24(9-7-22)21(2)3/h4,6-13,21,23,28,31H,1,5,14-20H2,2-3H3/t23-/m1/s1. The van der Waals surface area contributed by atoms with E-state index < -0.39 is 20.0 Å². The van der Waals surface area contributed by atoms with Crippen molar-refractivity contribution >= 4 is 26.0 Å². The number of benzene rings is 2. The van der Waals surface area contributed by atoms with E-state index in [0.29, 0.717) is 37.4 Å². The van der Waals surface area contributed by atoms with E-state index in [0.717, 1.165) is 11.0 Å². The number of amides is 1. The van der Waals surface area contributed by atoms with Crippen LogP contribution in [0.5, 0.6) is 0 Å². The van der Waals surface area contributed by atoms with E-state index in [-0.39, 0.29) is 43.0 Å². The van der Waals surface area contributed by atoms with Crippen LogP contribution >= 0.6 is 0 Å². The van der Waals surface area contributed by atoms with Gasteiger partial charge in [-0.05, 0) is 60.1 Å². The van der Waals surface area contributed by atoms with Gasteiger partial charge in [0.05, 0.1) is 4.90 Å². The highest BCUT2D eigenvalue weighted by Crippen LogP contribution is 2.25. The van der Waals surface area contributed by atoms with Crippen molar-refractivity contribution in [3.63, 3.8) is 0 Å². The van der Waals surface area contributed by atoms with Gasteiger partial charge in [0.1, 0.15) is 0 Å². The van der Waals surface area contributed by atoms with Gasteiger partial charge >= 0.3 is 0 Å². The molecular formula is C27H37N3O6S2. The molecule has 1 aliphatic heterocycles. The van der Waals surface area contributed by atoms with E-state index in [4.69, 9.17) is 0 Å². The smallest absolute Gasteiger partial charge is 0.254 e. The van der Waals surface area contributed by atoms with E-state index >= 15 is 0 Å². The molecule has 0 spiro atoms. The summed E-state index contributed by atoms with van der Waals surface area (Å²) in [5.41, 5.74) is 2.54. The Kier molecular flexibility index (Phi) is 10.2. The molecule has 0 saturated carbocycles. The highest BCUT2D eigenvalue weighted by atomic mass is 32.2. The minimum atomic E-state index is -3.79. The number of hydrogen-bond donors (Lipinski definition) is 2. The lowest BCUT2D eigenvalue weighted by Gasteiger charge is -2.23. The van der Waals surface area contributed by atoms with Crippen LogP contribution in [-0.4, -0.2) is 69.8 Å². The quantitative estimate of drug-likeness (QED) is 0.386. The number of hydrogen-bond acceptors (Lipinski definition) is 6. The molecule has 1 amide bonds. The zero-order valence-electron chi connectivity index (χ0n) is 21.9. The summed E-state index contributed by atoms with van der Waals surface area (Å²) < 4.78 is 53.2. The van der Waals surface area contributed by atoms with E-state index in [1.54, 1.807) is 4.90 Å².